The predicted octanol–water partition coefficient (Wildman–Crippen LogP) is 1.33. The Morgan fingerprint density at radius 3 is 2.90 bits per heavy atom. The van der Waals surface area contributed by atoms with Gasteiger partial charge in [0.1, 0.15) is 12.2 Å². The van der Waals surface area contributed by atoms with E-state index in [0.29, 0.717) is 18.3 Å². The van der Waals surface area contributed by atoms with Gasteiger partial charge in [0, 0.05) is 38.6 Å². The molecule has 0 aliphatic carbocycles. The van der Waals surface area contributed by atoms with Gasteiger partial charge in [-0.15, -0.1) is 0 Å². The van der Waals surface area contributed by atoms with E-state index in [2.05, 4.69) is 15.2 Å². The number of aromatic nitrogens is 3. The van der Waals surface area contributed by atoms with Gasteiger partial charge >= 0.3 is 0 Å². The molecule has 2 aliphatic heterocycles. The Hall–Kier alpha value is -1.43. The number of hydrogen-bond acceptors (Lipinski definition) is 4. The number of nitrogens with one attached hydrogen (secondary N) is 1. The molecule has 2 saturated heterocycles. The van der Waals surface area contributed by atoms with Crippen LogP contribution in [0.5, 0.6) is 0 Å². The van der Waals surface area contributed by atoms with E-state index in [1.165, 1.54) is 0 Å². The molecule has 1 atom stereocenters. The van der Waals surface area contributed by atoms with Crippen molar-refractivity contribution in [3.63, 3.8) is 0 Å². The molecular weight excluding hydrogens is 256 g/mol. The number of piperidine rings is 1. The number of carbonyl (C=O) groups excluding carboxylic acids is 1. The summed E-state index contributed by atoms with van der Waals surface area (Å²) in [5.74, 6) is 2.08. The van der Waals surface area contributed by atoms with Crippen LogP contribution in [0.3, 0.4) is 0 Å². The van der Waals surface area contributed by atoms with Gasteiger partial charge in [-0.3, -0.25) is 9.89 Å². The lowest BCUT2D eigenvalue weighted by Crippen LogP contribution is -2.39. The smallest absolute Gasteiger partial charge is 0.222 e. The highest BCUT2D eigenvalue weighted by Gasteiger charge is 2.27. The minimum absolute atomic E-state index is 0.288. The van der Waals surface area contributed by atoms with Crippen LogP contribution in [0.2, 0.25) is 0 Å². The van der Waals surface area contributed by atoms with E-state index < -0.39 is 0 Å². The van der Waals surface area contributed by atoms with Crippen LogP contribution >= 0.6 is 0 Å². The van der Waals surface area contributed by atoms with Gasteiger partial charge in [-0.2, -0.15) is 5.10 Å². The highest BCUT2D eigenvalue weighted by Crippen LogP contribution is 2.26. The molecule has 2 fully saturated rings. The Morgan fingerprint density at radius 1 is 1.40 bits per heavy atom. The average Bonchev–Trinajstić information content (AvgIpc) is 3.03. The number of ether oxygens (including phenoxy) is 1. The van der Waals surface area contributed by atoms with E-state index in [-0.39, 0.29) is 5.91 Å². The maximum Gasteiger partial charge on any atom is 0.222 e. The van der Waals surface area contributed by atoms with Crippen LogP contribution in [0.4, 0.5) is 0 Å². The zero-order valence-corrected chi connectivity index (χ0v) is 11.8. The summed E-state index contributed by atoms with van der Waals surface area (Å²) in [5, 5.41) is 6.83. The number of H-pyrrole nitrogens is 1. The van der Waals surface area contributed by atoms with E-state index in [1.54, 1.807) is 6.33 Å². The van der Waals surface area contributed by atoms with Crippen molar-refractivity contribution in [1.29, 1.82) is 0 Å². The van der Waals surface area contributed by atoms with Crippen molar-refractivity contribution >= 4 is 5.91 Å². The second-order valence-corrected chi connectivity index (χ2v) is 5.81. The highest BCUT2D eigenvalue weighted by molar-refractivity contribution is 5.76. The fourth-order valence-corrected chi connectivity index (χ4v) is 3.16. The molecule has 1 aromatic rings. The highest BCUT2D eigenvalue weighted by atomic mass is 16.5. The number of rotatable bonds is 3. The van der Waals surface area contributed by atoms with Gasteiger partial charge in [0.05, 0.1) is 0 Å². The van der Waals surface area contributed by atoms with Crippen LogP contribution in [0.1, 0.15) is 43.8 Å². The molecule has 0 radical (unpaired) electrons. The lowest BCUT2D eigenvalue weighted by molar-refractivity contribution is -0.134. The maximum atomic E-state index is 12.3. The summed E-state index contributed by atoms with van der Waals surface area (Å²) < 4.78 is 5.45. The first-order chi connectivity index (χ1) is 9.83. The third kappa shape index (κ3) is 3.17. The number of hydrogen-bond donors (Lipinski definition) is 1. The Labute approximate surface area is 118 Å². The van der Waals surface area contributed by atoms with Gasteiger partial charge in [0.25, 0.3) is 0 Å². The van der Waals surface area contributed by atoms with Crippen molar-refractivity contribution in [2.45, 2.75) is 38.0 Å². The van der Waals surface area contributed by atoms with Crippen LogP contribution in [0, 0.1) is 5.92 Å². The summed E-state index contributed by atoms with van der Waals surface area (Å²) in [6, 6.07) is 0. The monoisotopic (exact) mass is 278 g/mol. The molecule has 0 aromatic carbocycles. The summed E-state index contributed by atoms with van der Waals surface area (Å²) in [6.45, 7) is 3.27. The second-order valence-electron chi connectivity index (χ2n) is 5.81. The van der Waals surface area contributed by atoms with Crippen molar-refractivity contribution in [2.75, 3.05) is 26.3 Å². The van der Waals surface area contributed by atoms with Crippen LogP contribution in [0.15, 0.2) is 6.33 Å². The Bertz CT molecular complexity index is 420. The van der Waals surface area contributed by atoms with E-state index in [4.69, 9.17) is 4.74 Å². The van der Waals surface area contributed by atoms with Gasteiger partial charge in [-0.1, -0.05) is 0 Å². The molecule has 1 amide bonds. The Kier molecular flexibility index (Phi) is 4.30. The largest absolute Gasteiger partial charge is 0.381 e. The fourth-order valence-electron chi connectivity index (χ4n) is 3.16. The zero-order valence-electron chi connectivity index (χ0n) is 11.8. The second kappa shape index (κ2) is 6.35. The minimum atomic E-state index is 0.288. The normalized spacial score (nSPS) is 24.8. The summed E-state index contributed by atoms with van der Waals surface area (Å²) in [6.07, 6.45) is 6.36. The minimum Gasteiger partial charge on any atom is -0.381 e. The van der Waals surface area contributed by atoms with Crippen molar-refractivity contribution in [3.05, 3.63) is 12.2 Å². The third-order valence-corrected chi connectivity index (χ3v) is 4.39. The molecule has 6 heteroatoms. The van der Waals surface area contributed by atoms with Gasteiger partial charge in [0.2, 0.25) is 5.91 Å². The number of carbonyl (C=O) groups is 1. The molecule has 0 saturated carbocycles. The molecule has 2 aliphatic rings. The lowest BCUT2D eigenvalue weighted by atomic mass is 9.94. The fraction of sp³-hybridized carbons (Fsp3) is 0.786. The first-order valence-electron chi connectivity index (χ1n) is 7.53. The first-order valence-corrected chi connectivity index (χ1v) is 7.53. The molecule has 1 aromatic heterocycles. The number of likely N-dealkylation sites (tertiary alicyclic amines) is 1. The molecule has 1 N–H and O–H groups in total. The molecule has 3 heterocycles. The molecule has 1 unspecified atom stereocenters. The van der Waals surface area contributed by atoms with Crippen LogP contribution in [-0.2, 0) is 9.53 Å². The summed E-state index contributed by atoms with van der Waals surface area (Å²) in [5.41, 5.74) is 0. The molecular formula is C14H22N4O2. The SMILES string of the molecule is O=C(CC1CCCOC1)N1CCC(c2ncn[nH]2)CC1. The summed E-state index contributed by atoms with van der Waals surface area (Å²) in [4.78, 5) is 18.5. The van der Waals surface area contributed by atoms with E-state index in [9.17, 15) is 4.79 Å². The Balaban J connectivity index is 1.46. The Morgan fingerprint density at radius 2 is 2.25 bits per heavy atom. The molecule has 6 nitrogen and oxygen atoms in total. The van der Waals surface area contributed by atoms with Crippen LogP contribution in [-0.4, -0.2) is 52.3 Å². The molecule has 0 spiro atoms. The van der Waals surface area contributed by atoms with Gasteiger partial charge in [0.15, 0.2) is 0 Å². The molecule has 20 heavy (non-hydrogen) atoms. The lowest BCUT2D eigenvalue weighted by Gasteiger charge is -2.32. The number of aromatic amines is 1. The van der Waals surface area contributed by atoms with Crippen LogP contribution < -0.4 is 0 Å². The van der Waals surface area contributed by atoms with Gasteiger partial charge in [-0.25, -0.2) is 4.98 Å². The van der Waals surface area contributed by atoms with Crippen molar-refractivity contribution < 1.29 is 9.53 Å². The van der Waals surface area contributed by atoms with Crippen molar-refractivity contribution in [1.82, 2.24) is 20.1 Å². The quantitative estimate of drug-likeness (QED) is 0.905. The van der Waals surface area contributed by atoms with Gasteiger partial charge < -0.3 is 9.64 Å². The van der Waals surface area contributed by atoms with Crippen molar-refractivity contribution in [2.24, 2.45) is 5.92 Å². The summed E-state index contributed by atoms with van der Waals surface area (Å²) >= 11 is 0. The average molecular weight is 278 g/mol. The number of nitrogens with zero attached hydrogens (tertiary/aromatic N) is 3. The molecule has 0 bridgehead atoms. The maximum absolute atomic E-state index is 12.3. The van der Waals surface area contributed by atoms with E-state index in [1.807, 2.05) is 4.90 Å². The zero-order chi connectivity index (χ0) is 13.8. The topological polar surface area (TPSA) is 71.1 Å². The van der Waals surface area contributed by atoms with E-state index in [0.717, 1.165) is 57.8 Å². The standard InChI is InChI=1S/C14H22N4O2/c19-13(8-11-2-1-7-20-9-11)18-5-3-12(4-6-18)14-15-10-16-17-14/h10-12H,1-9H2,(H,15,16,17). The van der Waals surface area contributed by atoms with Crippen molar-refractivity contribution in [3.8, 4) is 0 Å². The summed E-state index contributed by atoms with van der Waals surface area (Å²) in [7, 11) is 0. The molecule has 110 valence electrons. The first kappa shape index (κ1) is 13.5. The number of amides is 1. The van der Waals surface area contributed by atoms with Crippen LogP contribution in [0.25, 0.3) is 0 Å². The van der Waals surface area contributed by atoms with E-state index >= 15 is 0 Å². The predicted molar refractivity (Wildman–Crippen MR) is 73.1 cm³/mol. The molecule has 3 rings (SSSR count). The third-order valence-electron chi connectivity index (χ3n) is 4.39. The van der Waals surface area contributed by atoms with Gasteiger partial charge in [-0.05, 0) is 31.6 Å².